The lowest BCUT2D eigenvalue weighted by Crippen LogP contribution is -1.96. The molecule has 0 spiro atoms. The highest BCUT2D eigenvalue weighted by atomic mass is 35.5. The minimum atomic E-state index is 0.429. The Hall–Kier alpha value is -2.13. The van der Waals surface area contributed by atoms with E-state index in [1.54, 1.807) is 13.3 Å². The first-order valence-corrected chi connectivity index (χ1v) is 7.68. The van der Waals surface area contributed by atoms with Crippen molar-refractivity contribution in [1.82, 2.24) is 9.97 Å². The van der Waals surface area contributed by atoms with Crippen LogP contribution in [0, 0.1) is 0 Å². The maximum atomic E-state index is 6.28. The van der Waals surface area contributed by atoms with Crippen molar-refractivity contribution < 1.29 is 4.74 Å². The van der Waals surface area contributed by atoms with Crippen LogP contribution in [-0.2, 0) is 6.42 Å². The van der Waals surface area contributed by atoms with Crippen LogP contribution in [0.15, 0.2) is 48.7 Å². The number of benzene rings is 1. The van der Waals surface area contributed by atoms with E-state index < -0.39 is 0 Å². The Morgan fingerprint density at radius 2 is 1.82 bits per heavy atom. The molecule has 0 amide bonds. The summed E-state index contributed by atoms with van der Waals surface area (Å²) >= 11 is 6.28. The molecule has 2 aromatic heterocycles. The maximum absolute atomic E-state index is 6.28. The van der Waals surface area contributed by atoms with Gasteiger partial charge >= 0.3 is 0 Å². The van der Waals surface area contributed by atoms with Crippen molar-refractivity contribution in [3.8, 4) is 5.88 Å². The zero-order valence-corrected chi connectivity index (χ0v) is 13.8. The molecule has 0 unspecified atom stereocenters. The second-order valence-electron chi connectivity index (χ2n) is 4.49. The Balaban J connectivity index is 0.000000847. The average molecular weight is 315 g/mol. The predicted molar refractivity (Wildman–Crippen MR) is 91.7 cm³/mol. The lowest BCUT2D eigenvalue weighted by atomic mass is 10.1. The third kappa shape index (κ3) is 3.55. The van der Waals surface area contributed by atoms with Crippen LogP contribution in [-0.4, -0.2) is 17.1 Å². The van der Waals surface area contributed by atoms with Crippen LogP contribution in [0.2, 0.25) is 5.15 Å². The monoisotopic (exact) mass is 314 g/mol. The normalized spacial score (nSPS) is 10.0. The van der Waals surface area contributed by atoms with Gasteiger partial charge in [0, 0.05) is 18.3 Å². The van der Waals surface area contributed by atoms with Crippen LogP contribution in [0.1, 0.15) is 25.1 Å². The van der Waals surface area contributed by atoms with E-state index in [0.29, 0.717) is 11.0 Å². The van der Waals surface area contributed by atoms with Gasteiger partial charge in [0.05, 0.1) is 12.5 Å². The van der Waals surface area contributed by atoms with Gasteiger partial charge in [-0.15, -0.1) is 0 Å². The number of methoxy groups -OCH3 is 1. The summed E-state index contributed by atoms with van der Waals surface area (Å²) in [7, 11) is 1.58. The molecule has 3 nitrogen and oxygen atoms in total. The molecule has 0 saturated heterocycles. The summed E-state index contributed by atoms with van der Waals surface area (Å²) in [6.07, 6.45) is 2.46. The second-order valence-corrected chi connectivity index (χ2v) is 4.84. The third-order valence-corrected chi connectivity index (χ3v) is 3.41. The van der Waals surface area contributed by atoms with Crippen molar-refractivity contribution >= 4 is 22.4 Å². The molecular weight excluding hydrogens is 296 g/mol. The number of fused-ring (bicyclic) bond motifs is 1. The fraction of sp³-hybridized carbons (Fsp3) is 0.222. The zero-order valence-electron chi connectivity index (χ0n) is 13.0. The van der Waals surface area contributed by atoms with E-state index in [1.807, 2.05) is 44.2 Å². The van der Waals surface area contributed by atoms with Gasteiger partial charge in [0.25, 0.3) is 0 Å². The van der Waals surface area contributed by atoms with Crippen LogP contribution in [0.3, 0.4) is 0 Å². The Bertz CT molecular complexity index is 745. The molecule has 0 fully saturated rings. The van der Waals surface area contributed by atoms with E-state index in [-0.39, 0.29) is 0 Å². The highest BCUT2D eigenvalue weighted by molar-refractivity contribution is 6.34. The molecule has 0 aliphatic heterocycles. The first-order chi connectivity index (χ1) is 10.8. The van der Waals surface area contributed by atoms with Gasteiger partial charge in [-0.1, -0.05) is 55.8 Å². The SMILES string of the molecule is CC.COc1nccc2cc(Cc3ccccc3)nc(Cl)c12. The van der Waals surface area contributed by atoms with Crippen molar-refractivity contribution in [2.75, 3.05) is 7.11 Å². The van der Waals surface area contributed by atoms with Gasteiger partial charge in [-0.25, -0.2) is 9.97 Å². The van der Waals surface area contributed by atoms with Gasteiger partial charge in [-0.05, 0) is 23.1 Å². The molecule has 4 heteroatoms. The molecule has 0 bridgehead atoms. The smallest absolute Gasteiger partial charge is 0.224 e. The molecule has 1 aromatic carbocycles. The van der Waals surface area contributed by atoms with Crippen molar-refractivity contribution in [2.45, 2.75) is 20.3 Å². The van der Waals surface area contributed by atoms with Crippen LogP contribution < -0.4 is 4.74 Å². The topological polar surface area (TPSA) is 35.0 Å². The molecule has 0 N–H and O–H groups in total. The molecule has 3 rings (SSSR count). The zero-order chi connectivity index (χ0) is 15.9. The minimum absolute atomic E-state index is 0.429. The Labute approximate surface area is 135 Å². The molecule has 114 valence electrons. The summed E-state index contributed by atoms with van der Waals surface area (Å²) in [5, 5.41) is 2.18. The number of rotatable bonds is 3. The first-order valence-electron chi connectivity index (χ1n) is 7.30. The van der Waals surface area contributed by atoms with Crippen molar-refractivity contribution in [2.24, 2.45) is 0 Å². The Morgan fingerprint density at radius 3 is 2.50 bits per heavy atom. The lowest BCUT2D eigenvalue weighted by Gasteiger charge is -2.08. The van der Waals surface area contributed by atoms with Gasteiger partial charge in [-0.3, -0.25) is 0 Å². The molecule has 3 aromatic rings. The number of halogens is 1. The summed E-state index contributed by atoms with van der Waals surface area (Å²) in [6, 6.07) is 14.1. The van der Waals surface area contributed by atoms with Crippen molar-refractivity contribution in [3.63, 3.8) is 0 Å². The molecule has 0 aliphatic rings. The average Bonchev–Trinajstić information content (AvgIpc) is 2.57. The van der Waals surface area contributed by atoms with E-state index in [0.717, 1.165) is 22.9 Å². The van der Waals surface area contributed by atoms with Gasteiger partial charge in [0.1, 0.15) is 5.15 Å². The highest BCUT2D eigenvalue weighted by Crippen LogP contribution is 2.29. The van der Waals surface area contributed by atoms with Gasteiger partial charge in [0.2, 0.25) is 5.88 Å². The number of nitrogens with zero attached hydrogens (tertiary/aromatic N) is 2. The van der Waals surface area contributed by atoms with Crippen LogP contribution >= 0.6 is 11.6 Å². The van der Waals surface area contributed by atoms with Gasteiger partial charge in [-0.2, -0.15) is 0 Å². The number of pyridine rings is 2. The maximum Gasteiger partial charge on any atom is 0.224 e. The fourth-order valence-corrected chi connectivity index (χ4v) is 2.53. The standard InChI is InChI=1S/C16H13ClN2O.C2H6/c1-20-16-14-12(7-8-18-16)10-13(19-15(14)17)9-11-5-3-2-4-6-11;1-2/h2-8,10H,9H2,1H3;1-2H3. The third-order valence-electron chi connectivity index (χ3n) is 3.14. The molecule has 2 heterocycles. The lowest BCUT2D eigenvalue weighted by molar-refractivity contribution is 0.403. The predicted octanol–water partition coefficient (Wildman–Crippen LogP) is 4.91. The molecule has 0 saturated carbocycles. The number of hydrogen-bond donors (Lipinski definition) is 0. The number of hydrogen-bond acceptors (Lipinski definition) is 3. The summed E-state index contributed by atoms with van der Waals surface area (Å²) in [5.74, 6) is 0.506. The second kappa shape index (κ2) is 7.76. The van der Waals surface area contributed by atoms with E-state index in [9.17, 15) is 0 Å². The summed E-state index contributed by atoms with van der Waals surface area (Å²) in [4.78, 5) is 8.60. The summed E-state index contributed by atoms with van der Waals surface area (Å²) in [5.41, 5.74) is 2.14. The van der Waals surface area contributed by atoms with Crippen LogP contribution in [0.5, 0.6) is 5.88 Å². The molecule has 0 radical (unpaired) electrons. The van der Waals surface area contributed by atoms with E-state index in [2.05, 4.69) is 22.1 Å². The number of aromatic nitrogens is 2. The summed E-state index contributed by atoms with van der Waals surface area (Å²) < 4.78 is 5.23. The highest BCUT2D eigenvalue weighted by Gasteiger charge is 2.10. The Kier molecular flexibility index (Phi) is 5.73. The molecule has 22 heavy (non-hydrogen) atoms. The van der Waals surface area contributed by atoms with Crippen LogP contribution in [0.25, 0.3) is 10.8 Å². The minimum Gasteiger partial charge on any atom is -0.480 e. The summed E-state index contributed by atoms with van der Waals surface area (Å²) in [6.45, 7) is 4.00. The first kappa shape index (κ1) is 16.2. The molecule has 0 atom stereocenters. The van der Waals surface area contributed by atoms with E-state index in [1.165, 1.54) is 5.56 Å². The Morgan fingerprint density at radius 1 is 1.09 bits per heavy atom. The fourth-order valence-electron chi connectivity index (χ4n) is 2.23. The van der Waals surface area contributed by atoms with E-state index >= 15 is 0 Å². The van der Waals surface area contributed by atoms with Crippen LogP contribution in [0.4, 0.5) is 0 Å². The molecular formula is C18H19ClN2O. The van der Waals surface area contributed by atoms with Crippen molar-refractivity contribution in [1.29, 1.82) is 0 Å². The number of ether oxygens (including phenoxy) is 1. The van der Waals surface area contributed by atoms with E-state index in [4.69, 9.17) is 16.3 Å². The van der Waals surface area contributed by atoms with Gasteiger partial charge < -0.3 is 4.74 Å². The quantitative estimate of drug-likeness (QED) is 0.644. The molecule has 0 aliphatic carbocycles. The largest absolute Gasteiger partial charge is 0.480 e. The van der Waals surface area contributed by atoms with Gasteiger partial charge in [0.15, 0.2) is 0 Å². The van der Waals surface area contributed by atoms with Crippen molar-refractivity contribution in [3.05, 3.63) is 65.1 Å².